The van der Waals surface area contributed by atoms with Gasteiger partial charge in [0.15, 0.2) is 0 Å². The van der Waals surface area contributed by atoms with Gasteiger partial charge in [-0.2, -0.15) is 13.2 Å². The van der Waals surface area contributed by atoms with Crippen molar-refractivity contribution in [2.45, 2.75) is 38.8 Å². The number of carbonyl (C=O) groups is 2. The number of rotatable bonds is 7. The van der Waals surface area contributed by atoms with E-state index < -0.39 is 29.6 Å². The fourth-order valence-corrected chi connectivity index (χ4v) is 3.38. The van der Waals surface area contributed by atoms with Gasteiger partial charge in [0, 0.05) is 6.20 Å². The summed E-state index contributed by atoms with van der Waals surface area (Å²) in [7, 11) is 0. The molecule has 1 fully saturated rings. The Morgan fingerprint density at radius 1 is 1.48 bits per heavy atom. The van der Waals surface area contributed by atoms with Crippen LogP contribution in [0.2, 0.25) is 0 Å². The Bertz CT molecular complexity index is 673. The number of hydrogen-bond donors (Lipinski definition) is 2. The van der Waals surface area contributed by atoms with Gasteiger partial charge >= 0.3 is 6.18 Å². The third-order valence-corrected chi connectivity index (χ3v) is 4.89. The van der Waals surface area contributed by atoms with Crippen LogP contribution in [0.15, 0.2) is 12.3 Å². The van der Waals surface area contributed by atoms with E-state index in [2.05, 4.69) is 9.97 Å². The zero-order valence-corrected chi connectivity index (χ0v) is 14.8. The van der Waals surface area contributed by atoms with Crippen LogP contribution in [0.25, 0.3) is 0 Å². The van der Waals surface area contributed by atoms with E-state index in [4.69, 9.17) is 5.84 Å². The van der Waals surface area contributed by atoms with Crippen LogP contribution in [-0.2, 0) is 15.8 Å². The summed E-state index contributed by atoms with van der Waals surface area (Å²) in [4.78, 5) is 30.4. The van der Waals surface area contributed by atoms with Gasteiger partial charge in [-0.05, 0) is 24.3 Å². The van der Waals surface area contributed by atoms with Crippen LogP contribution >= 0.6 is 0 Å². The van der Waals surface area contributed by atoms with E-state index in [9.17, 15) is 28.0 Å². The molecule has 0 radical (unpaired) electrons. The van der Waals surface area contributed by atoms with Gasteiger partial charge in [0.1, 0.15) is 5.69 Å². The van der Waals surface area contributed by atoms with Gasteiger partial charge in [0.05, 0.1) is 12.5 Å². The third kappa shape index (κ3) is 5.36. The highest BCUT2D eigenvalue weighted by Gasteiger charge is 2.36. The molecular weight excluding hydrogens is 367 g/mol. The van der Waals surface area contributed by atoms with Crippen LogP contribution in [-0.4, -0.2) is 39.1 Å². The minimum Gasteiger partial charge on any atom is -0.286 e. The van der Waals surface area contributed by atoms with Crippen LogP contribution < -0.4 is 10.9 Å². The lowest BCUT2D eigenvalue weighted by molar-refractivity contribution is -0.154. The highest BCUT2D eigenvalue weighted by Crippen LogP contribution is 2.36. The summed E-state index contributed by atoms with van der Waals surface area (Å²) in [6.07, 6.45) is -0.451. The van der Waals surface area contributed by atoms with Gasteiger partial charge in [-0.3, -0.25) is 14.8 Å². The predicted molar refractivity (Wildman–Crippen MR) is 87.9 cm³/mol. The highest BCUT2D eigenvalue weighted by molar-refractivity contribution is 5.92. The van der Waals surface area contributed by atoms with Crippen LogP contribution in [0.4, 0.5) is 19.1 Å². The number of amides is 2. The number of aromatic nitrogens is 2. The van der Waals surface area contributed by atoms with Gasteiger partial charge in [-0.15, -0.1) is 0 Å². The molecule has 27 heavy (non-hydrogen) atoms. The van der Waals surface area contributed by atoms with E-state index in [0.29, 0.717) is 28.5 Å². The number of carbonyl (C=O) groups excluding carboxylic acids is 2. The van der Waals surface area contributed by atoms with E-state index >= 15 is 0 Å². The summed E-state index contributed by atoms with van der Waals surface area (Å²) in [6, 6.07) is 0.668. The molecular formula is C16H22F3N5O3. The Labute approximate surface area is 154 Å². The zero-order valence-electron chi connectivity index (χ0n) is 14.8. The number of nitrogens with zero attached hydrogens (tertiary/aromatic N) is 4. The molecule has 2 amide bonds. The van der Waals surface area contributed by atoms with Crippen molar-refractivity contribution in [1.29, 1.82) is 0 Å². The Morgan fingerprint density at radius 2 is 2.19 bits per heavy atom. The number of alkyl halides is 3. The second kappa shape index (κ2) is 8.61. The smallest absolute Gasteiger partial charge is 0.286 e. The summed E-state index contributed by atoms with van der Waals surface area (Å²) in [6.45, 7) is 1.73. The van der Waals surface area contributed by atoms with Crippen molar-refractivity contribution in [3.8, 4) is 0 Å². The molecule has 8 nitrogen and oxygen atoms in total. The lowest BCUT2D eigenvalue weighted by atomic mass is 9.87. The maximum Gasteiger partial charge on any atom is 0.433 e. The van der Waals surface area contributed by atoms with Crippen LogP contribution in [0.5, 0.6) is 0 Å². The molecule has 1 aliphatic rings. The number of hydrazine groups is 1. The first-order valence-electron chi connectivity index (χ1n) is 8.53. The fraction of sp³-hybridized carbons (Fsp3) is 0.625. The molecule has 1 heterocycles. The predicted octanol–water partition coefficient (Wildman–Crippen LogP) is 1.99. The van der Waals surface area contributed by atoms with Crippen LogP contribution in [0.1, 0.15) is 38.3 Å². The lowest BCUT2D eigenvalue weighted by Crippen LogP contribution is -2.46. The van der Waals surface area contributed by atoms with Crippen molar-refractivity contribution >= 4 is 18.3 Å². The van der Waals surface area contributed by atoms with E-state index in [-0.39, 0.29) is 18.9 Å². The summed E-state index contributed by atoms with van der Waals surface area (Å²) >= 11 is 0. The first-order chi connectivity index (χ1) is 12.6. The minimum absolute atomic E-state index is 0.153. The Balaban J connectivity index is 2.21. The Kier molecular flexibility index (Phi) is 6.71. The SMILES string of the molecule is CC1CCCC1C[C@H](CN(O)C=O)C(=O)N(N)c1nccc(C(F)(F)F)n1. The van der Waals surface area contributed by atoms with E-state index in [1.165, 1.54) is 0 Å². The summed E-state index contributed by atoms with van der Waals surface area (Å²) < 4.78 is 38.4. The Morgan fingerprint density at radius 3 is 2.74 bits per heavy atom. The Hall–Kier alpha value is -2.27. The number of nitrogens with two attached hydrogens (primary N) is 1. The van der Waals surface area contributed by atoms with Gasteiger partial charge in [-0.25, -0.2) is 25.9 Å². The second-order valence-corrected chi connectivity index (χ2v) is 6.78. The fourth-order valence-electron chi connectivity index (χ4n) is 3.38. The highest BCUT2D eigenvalue weighted by atomic mass is 19.4. The van der Waals surface area contributed by atoms with Crippen LogP contribution in [0.3, 0.4) is 0 Å². The van der Waals surface area contributed by atoms with Crippen molar-refractivity contribution in [2.24, 2.45) is 23.6 Å². The van der Waals surface area contributed by atoms with Crippen molar-refractivity contribution in [3.05, 3.63) is 18.0 Å². The molecule has 1 aromatic heterocycles. The summed E-state index contributed by atoms with van der Waals surface area (Å²) in [5, 5.41) is 10.3. The van der Waals surface area contributed by atoms with E-state index in [0.717, 1.165) is 25.5 Å². The molecule has 11 heteroatoms. The largest absolute Gasteiger partial charge is 0.433 e. The zero-order chi connectivity index (χ0) is 20.2. The van der Waals surface area contributed by atoms with Crippen molar-refractivity contribution in [1.82, 2.24) is 15.0 Å². The molecule has 0 aliphatic heterocycles. The molecule has 0 spiro atoms. The molecule has 3 atom stereocenters. The standard InChI is InChI=1S/C16H22F3N5O3/c1-10-3-2-4-11(10)7-12(8-23(27)9-25)14(26)24(20)15-21-6-5-13(22-15)16(17,18)19/h5-6,9-12,27H,2-4,7-8,20H2,1H3/t10?,11?,12-/m1/s1. The molecule has 1 saturated carbocycles. The van der Waals surface area contributed by atoms with E-state index in [1.54, 1.807) is 0 Å². The maximum atomic E-state index is 12.8. The molecule has 2 rings (SSSR count). The maximum absolute atomic E-state index is 12.8. The van der Waals surface area contributed by atoms with Gasteiger partial charge in [0.2, 0.25) is 18.3 Å². The van der Waals surface area contributed by atoms with E-state index in [1.807, 2.05) is 6.92 Å². The average molecular weight is 389 g/mol. The quantitative estimate of drug-likeness (QED) is 0.242. The van der Waals surface area contributed by atoms with Gasteiger partial charge < -0.3 is 0 Å². The topological polar surface area (TPSA) is 113 Å². The average Bonchev–Trinajstić information content (AvgIpc) is 3.03. The molecule has 1 aromatic rings. The summed E-state index contributed by atoms with van der Waals surface area (Å²) in [5.74, 6) is 3.97. The normalized spacial score (nSPS) is 21.0. The molecule has 2 unspecified atom stereocenters. The third-order valence-electron chi connectivity index (χ3n) is 4.89. The monoisotopic (exact) mass is 389 g/mol. The first-order valence-corrected chi connectivity index (χ1v) is 8.53. The second-order valence-electron chi connectivity index (χ2n) is 6.78. The molecule has 0 saturated heterocycles. The lowest BCUT2D eigenvalue weighted by Gasteiger charge is -2.27. The van der Waals surface area contributed by atoms with Crippen molar-refractivity contribution < 1.29 is 28.0 Å². The summed E-state index contributed by atoms with van der Waals surface area (Å²) in [5.41, 5.74) is -1.23. The number of halogens is 3. The number of hydrogen-bond acceptors (Lipinski definition) is 6. The number of anilines is 1. The van der Waals surface area contributed by atoms with Gasteiger partial charge in [-0.1, -0.05) is 26.2 Å². The van der Waals surface area contributed by atoms with Gasteiger partial charge in [0.25, 0.3) is 0 Å². The van der Waals surface area contributed by atoms with Crippen molar-refractivity contribution in [2.75, 3.05) is 11.6 Å². The minimum atomic E-state index is -4.71. The molecule has 1 aliphatic carbocycles. The van der Waals surface area contributed by atoms with Crippen molar-refractivity contribution in [3.63, 3.8) is 0 Å². The van der Waals surface area contributed by atoms with Crippen LogP contribution in [0, 0.1) is 17.8 Å². The molecule has 0 bridgehead atoms. The molecule has 0 aromatic carbocycles. The number of hydroxylamine groups is 2. The first kappa shape index (κ1) is 21.0. The molecule has 3 N–H and O–H groups in total. The molecule has 150 valence electrons.